The molecule has 0 aromatic heterocycles. The van der Waals surface area contributed by atoms with Gasteiger partial charge in [0.1, 0.15) is 5.82 Å². The van der Waals surface area contributed by atoms with Crippen LogP contribution in [0.4, 0.5) is 15.8 Å². The molecule has 1 aromatic carbocycles. The van der Waals surface area contributed by atoms with Gasteiger partial charge in [-0.05, 0) is 56.4 Å². The third-order valence-corrected chi connectivity index (χ3v) is 7.12. The molecule has 4 bridgehead atoms. The van der Waals surface area contributed by atoms with Crippen LogP contribution in [0, 0.1) is 33.2 Å². The van der Waals surface area contributed by atoms with Crippen molar-refractivity contribution in [2.24, 2.45) is 17.3 Å². The first-order valence-corrected chi connectivity index (χ1v) is 10.1. The fraction of sp³-hybridized carbons (Fsp3) is 0.579. The molecular weight excluding hydrogens is 435 g/mol. The van der Waals surface area contributed by atoms with Gasteiger partial charge in [0.25, 0.3) is 11.6 Å². The summed E-state index contributed by atoms with van der Waals surface area (Å²) < 4.78 is 19.1. The van der Waals surface area contributed by atoms with Crippen molar-refractivity contribution in [3.63, 3.8) is 0 Å². The second-order valence-electron chi connectivity index (χ2n) is 8.44. The van der Waals surface area contributed by atoms with Gasteiger partial charge in [0.2, 0.25) is 0 Å². The standard InChI is InChI=1S/C19H20BrFN2O5/c20-19-7-11-3-12(8-19)6-18(5-11,10-19)17(25)28-9-16(24)22-15-4-13(23(26)27)1-2-14(15)21/h1-2,4,11-12H,3,5-10H2,(H,22,24). The van der Waals surface area contributed by atoms with Crippen LogP contribution in [0.1, 0.15) is 38.5 Å². The molecule has 0 radical (unpaired) electrons. The van der Waals surface area contributed by atoms with Crippen LogP contribution in [0.15, 0.2) is 18.2 Å². The molecule has 5 rings (SSSR count). The normalized spacial score (nSPS) is 32.8. The SMILES string of the molecule is O=C(COC(=O)C12CC3CC(CC(Br)(C3)C1)C2)Nc1cc([N+](=O)[O-])ccc1F. The fourth-order valence-corrected chi connectivity index (χ4v) is 7.04. The zero-order valence-electron chi connectivity index (χ0n) is 15.1. The molecule has 1 N–H and O–H groups in total. The van der Waals surface area contributed by atoms with E-state index < -0.39 is 28.7 Å². The zero-order valence-corrected chi connectivity index (χ0v) is 16.7. The Morgan fingerprint density at radius 1 is 1.29 bits per heavy atom. The quantitative estimate of drug-likeness (QED) is 0.314. The third-order valence-electron chi connectivity index (χ3n) is 6.19. The molecular formula is C19H20BrFN2O5. The van der Waals surface area contributed by atoms with Crippen molar-refractivity contribution in [2.45, 2.75) is 42.8 Å². The highest BCUT2D eigenvalue weighted by atomic mass is 79.9. The highest BCUT2D eigenvalue weighted by Crippen LogP contribution is 2.64. The number of nitro groups is 1. The molecule has 0 saturated heterocycles. The number of rotatable bonds is 5. The molecule has 150 valence electrons. The molecule has 0 heterocycles. The van der Waals surface area contributed by atoms with Gasteiger partial charge >= 0.3 is 5.97 Å². The minimum Gasteiger partial charge on any atom is -0.455 e. The van der Waals surface area contributed by atoms with Crippen LogP contribution in [-0.4, -0.2) is 27.7 Å². The number of amides is 1. The molecule has 4 aliphatic rings. The van der Waals surface area contributed by atoms with Crippen molar-refractivity contribution in [1.82, 2.24) is 0 Å². The van der Waals surface area contributed by atoms with E-state index >= 15 is 0 Å². The number of benzene rings is 1. The Bertz CT molecular complexity index is 847. The van der Waals surface area contributed by atoms with Crippen molar-refractivity contribution < 1.29 is 23.6 Å². The van der Waals surface area contributed by atoms with Gasteiger partial charge < -0.3 is 10.1 Å². The first-order chi connectivity index (χ1) is 13.2. The summed E-state index contributed by atoms with van der Waals surface area (Å²) in [4.78, 5) is 35.0. The highest BCUT2D eigenvalue weighted by Gasteiger charge is 2.60. The fourth-order valence-electron chi connectivity index (χ4n) is 5.58. The van der Waals surface area contributed by atoms with E-state index in [1.165, 1.54) is 0 Å². The summed E-state index contributed by atoms with van der Waals surface area (Å²) in [5.41, 5.74) is -1.21. The van der Waals surface area contributed by atoms with Crippen molar-refractivity contribution >= 4 is 39.2 Å². The number of nitrogens with one attached hydrogen (secondary N) is 1. The molecule has 1 aromatic rings. The summed E-state index contributed by atoms with van der Waals surface area (Å²) in [5.74, 6) is -0.902. The Morgan fingerprint density at radius 2 is 1.96 bits per heavy atom. The second-order valence-corrected chi connectivity index (χ2v) is 10.1. The molecule has 28 heavy (non-hydrogen) atoms. The lowest BCUT2D eigenvalue weighted by molar-refractivity contribution is -0.384. The van der Waals surface area contributed by atoms with Crippen LogP contribution in [0.25, 0.3) is 0 Å². The summed E-state index contributed by atoms with van der Waals surface area (Å²) in [7, 11) is 0. The number of hydrogen-bond acceptors (Lipinski definition) is 5. The van der Waals surface area contributed by atoms with Crippen LogP contribution in [-0.2, 0) is 14.3 Å². The van der Waals surface area contributed by atoms with Crippen LogP contribution >= 0.6 is 15.9 Å². The average molecular weight is 455 g/mol. The van der Waals surface area contributed by atoms with E-state index in [4.69, 9.17) is 4.74 Å². The van der Waals surface area contributed by atoms with E-state index in [9.17, 15) is 24.1 Å². The maximum atomic E-state index is 13.8. The number of nitrogens with zero attached hydrogens (tertiary/aromatic N) is 1. The first kappa shape index (κ1) is 19.3. The summed E-state index contributed by atoms with van der Waals surface area (Å²) >= 11 is 3.83. The Hall–Kier alpha value is -2.03. The van der Waals surface area contributed by atoms with Crippen LogP contribution in [0.3, 0.4) is 0 Å². The predicted molar refractivity (Wildman–Crippen MR) is 101 cm³/mol. The number of hydrogen-bond donors (Lipinski definition) is 1. The topological polar surface area (TPSA) is 98.5 Å². The van der Waals surface area contributed by atoms with Gasteiger partial charge in [0, 0.05) is 16.5 Å². The van der Waals surface area contributed by atoms with Crippen molar-refractivity contribution in [3.05, 3.63) is 34.1 Å². The molecule has 1 amide bonds. The van der Waals surface area contributed by atoms with Crippen LogP contribution in [0.2, 0.25) is 0 Å². The predicted octanol–water partition coefficient (Wildman–Crippen LogP) is 3.95. The highest BCUT2D eigenvalue weighted by molar-refractivity contribution is 9.10. The van der Waals surface area contributed by atoms with Gasteiger partial charge in [-0.25, -0.2) is 4.39 Å². The summed E-state index contributed by atoms with van der Waals surface area (Å²) in [6, 6.07) is 2.85. The minimum atomic E-state index is -0.799. The van der Waals surface area contributed by atoms with E-state index in [1.807, 2.05) is 0 Å². The summed E-state index contributed by atoms with van der Waals surface area (Å²) in [6.45, 7) is -0.548. The monoisotopic (exact) mass is 454 g/mol. The Labute approximate surface area is 169 Å². The molecule has 0 spiro atoms. The Balaban J connectivity index is 1.38. The first-order valence-electron chi connectivity index (χ1n) is 9.28. The van der Waals surface area contributed by atoms with E-state index in [-0.39, 0.29) is 21.7 Å². The minimum absolute atomic E-state index is 0.00946. The maximum Gasteiger partial charge on any atom is 0.312 e. The summed E-state index contributed by atoms with van der Waals surface area (Å²) in [6.07, 6.45) is 5.59. The van der Waals surface area contributed by atoms with Gasteiger partial charge in [-0.2, -0.15) is 0 Å². The number of ether oxygens (including phenoxy) is 1. The third kappa shape index (κ3) is 3.52. The lowest BCUT2D eigenvalue weighted by Crippen LogP contribution is -2.56. The molecule has 2 unspecified atom stereocenters. The average Bonchev–Trinajstić information content (AvgIpc) is 2.59. The zero-order chi connectivity index (χ0) is 20.1. The van der Waals surface area contributed by atoms with Gasteiger partial charge in [0.05, 0.1) is 16.0 Å². The molecule has 7 nitrogen and oxygen atoms in total. The number of esters is 1. The Kier molecular flexibility index (Phi) is 4.68. The number of alkyl halides is 1. The number of non-ortho nitro benzene ring substituents is 1. The van der Waals surface area contributed by atoms with E-state index in [0.717, 1.165) is 50.3 Å². The maximum absolute atomic E-state index is 13.8. The van der Waals surface area contributed by atoms with Gasteiger partial charge in [-0.1, -0.05) is 15.9 Å². The number of nitro benzene ring substituents is 1. The van der Waals surface area contributed by atoms with Crippen molar-refractivity contribution in [3.8, 4) is 0 Å². The number of anilines is 1. The lowest BCUT2D eigenvalue weighted by Gasteiger charge is -2.58. The van der Waals surface area contributed by atoms with Gasteiger partial charge in [0.15, 0.2) is 6.61 Å². The van der Waals surface area contributed by atoms with E-state index in [1.54, 1.807) is 0 Å². The molecule has 0 aliphatic heterocycles. The van der Waals surface area contributed by atoms with E-state index in [0.29, 0.717) is 18.3 Å². The number of carbonyl (C=O) groups is 2. The van der Waals surface area contributed by atoms with Crippen LogP contribution in [0.5, 0.6) is 0 Å². The molecule has 4 saturated carbocycles. The number of halogens is 2. The number of carbonyl (C=O) groups excluding carboxylic acids is 2. The second kappa shape index (κ2) is 6.79. The smallest absolute Gasteiger partial charge is 0.312 e. The lowest BCUT2D eigenvalue weighted by atomic mass is 9.49. The van der Waals surface area contributed by atoms with E-state index in [2.05, 4.69) is 21.2 Å². The molecule has 4 aliphatic carbocycles. The Morgan fingerprint density at radius 3 is 2.57 bits per heavy atom. The molecule has 4 fully saturated rings. The molecule has 2 atom stereocenters. The van der Waals surface area contributed by atoms with Crippen LogP contribution < -0.4 is 5.32 Å². The summed E-state index contributed by atoms with van der Waals surface area (Å²) in [5, 5.41) is 13.0. The van der Waals surface area contributed by atoms with Gasteiger partial charge in [-0.15, -0.1) is 0 Å². The largest absolute Gasteiger partial charge is 0.455 e. The van der Waals surface area contributed by atoms with Crippen molar-refractivity contribution in [1.29, 1.82) is 0 Å². The van der Waals surface area contributed by atoms with Crippen molar-refractivity contribution in [2.75, 3.05) is 11.9 Å². The van der Waals surface area contributed by atoms with Gasteiger partial charge in [-0.3, -0.25) is 19.7 Å². The molecule has 9 heteroatoms.